The minimum atomic E-state index is -0.428. The summed E-state index contributed by atoms with van der Waals surface area (Å²) in [6, 6.07) is 19.1. The summed E-state index contributed by atoms with van der Waals surface area (Å²) in [4.78, 5) is 17.6. The normalized spacial score (nSPS) is 12.0. The van der Waals surface area contributed by atoms with Crippen LogP contribution >= 0.6 is 11.3 Å². The van der Waals surface area contributed by atoms with Crippen LogP contribution in [0.1, 0.15) is 17.4 Å². The largest absolute Gasteiger partial charge is 0.380 e. The maximum absolute atomic E-state index is 12.7. The van der Waals surface area contributed by atoms with Crippen LogP contribution in [0.2, 0.25) is 0 Å². The molecule has 28 heavy (non-hydrogen) atoms. The molecule has 0 aliphatic rings. The predicted molar refractivity (Wildman–Crippen MR) is 108 cm³/mol. The van der Waals surface area contributed by atoms with Gasteiger partial charge in [-0.2, -0.15) is 4.99 Å². The number of rotatable bonds is 6. The van der Waals surface area contributed by atoms with Crippen molar-refractivity contribution in [3.63, 3.8) is 0 Å². The van der Waals surface area contributed by atoms with Gasteiger partial charge >= 0.3 is 5.91 Å². The molecule has 0 aliphatic carbocycles. The zero-order valence-electron chi connectivity index (χ0n) is 15.4. The number of carbonyl (C=O) groups excluding carboxylic acids is 1. The fourth-order valence-corrected chi connectivity index (χ4v) is 3.94. The van der Waals surface area contributed by atoms with Gasteiger partial charge in [-0.25, -0.2) is 0 Å². The van der Waals surface area contributed by atoms with Gasteiger partial charge in [-0.05, 0) is 19.1 Å². The molecule has 0 N–H and O–H groups in total. The summed E-state index contributed by atoms with van der Waals surface area (Å²) in [6.07, 6.45) is 0. The summed E-state index contributed by atoms with van der Waals surface area (Å²) >= 11 is 1.47. The van der Waals surface area contributed by atoms with E-state index in [2.05, 4.69) is 10.1 Å². The molecule has 2 aromatic carbocycles. The number of thiazole rings is 1. The zero-order chi connectivity index (χ0) is 19.3. The molecule has 0 aliphatic heterocycles. The van der Waals surface area contributed by atoms with Crippen molar-refractivity contribution >= 4 is 27.5 Å². The van der Waals surface area contributed by atoms with Gasteiger partial charge in [-0.15, -0.1) is 0 Å². The number of ether oxygens (including phenoxy) is 1. The van der Waals surface area contributed by atoms with E-state index in [1.165, 1.54) is 11.3 Å². The van der Waals surface area contributed by atoms with E-state index in [-0.39, 0.29) is 5.69 Å². The molecule has 0 fully saturated rings. The van der Waals surface area contributed by atoms with E-state index in [0.717, 1.165) is 15.8 Å². The quantitative estimate of drug-likeness (QED) is 0.462. The van der Waals surface area contributed by atoms with Crippen LogP contribution in [0, 0.1) is 0 Å². The second-order valence-electron chi connectivity index (χ2n) is 6.06. The van der Waals surface area contributed by atoms with Crippen LogP contribution in [0.4, 0.5) is 0 Å². The first-order valence-corrected chi connectivity index (χ1v) is 9.85. The van der Waals surface area contributed by atoms with Gasteiger partial charge in [0.25, 0.3) is 0 Å². The third-order valence-electron chi connectivity index (χ3n) is 4.24. The molecule has 0 unspecified atom stereocenters. The monoisotopic (exact) mass is 393 g/mol. The summed E-state index contributed by atoms with van der Waals surface area (Å²) in [6.45, 7) is 3.79. The topological polar surface area (TPSA) is 69.6 Å². The standard InChI is InChI=1S/C21H19N3O3S/c1-2-26-13-12-24-17-10-6-7-11-19(17)28-21(24)22-20(25)16-14-18(27-23-16)15-8-4-3-5-9-15/h3-11,14H,2,12-13H2,1H3. The minimum Gasteiger partial charge on any atom is -0.380 e. The van der Waals surface area contributed by atoms with Gasteiger partial charge in [-0.3, -0.25) is 4.79 Å². The highest BCUT2D eigenvalue weighted by Gasteiger charge is 2.14. The first-order chi connectivity index (χ1) is 13.8. The Balaban J connectivity index is 1.68. The summed E-state index contributed by atoms with van der Waals surface area (Å²) < 4.78 is 13.9. The van der Waals surface area contributed by atoms with Gasteiger partial charge in [-0.1, -0.05) is 59.0 Å². The van der Waals surface area contributed by atoms with E-state index in [4.69, 9.17) is 9.26 Å². The number of benzene rings is 2. The molecule has 0 saturated heterocycles. The third-order valence-corrected chi connectivity index (χ3v) is 5.30. The van der Waals surface area contributed by atoms with Crippen LogP contribution in [-0.2, 0) is 11.3 Å². The smallest absolute Gasteiger partial charge is 0.301 e. The van der Waals surface area contributed by atoms with Crippen molar-refractivity contribution in [2.24, 2.45) is 4.99 Å². The molecule has 0 spiro atoms. The lowest BCUT2D eigenvalue weighted by molar-refractivity contribution is 0.0988. The van der Waals surface area contributed by atoms with Gasteiger partial charge in [0.1, 0.15) is 0 Å². The van der Waals surface area contributed by atoms with Crippen molar-refractivity contribution in [1.82, 2.24) is 9.72 Å². The molecule has 0 bridgehead atoms. The molecule has 0 atom stereocenters. The van der Waals surface area contributed by atoms with E-state index in [9.17, 15) is 4.79 Å². The summed E-state index contributed by atoms with van der Waals surface area (Å²) in [5, 5.41) is 3.90. The van der Waals surface area contributed by atoms with Gasteiger partial charge in [0, 0.05) is 24.8 Å². The maximum atomic E-state index is 12.7. The first kappa shape index (κ1) is 18.3. The Morgan fingerprint density at radius 1 is 1.18 bits per heavy atom. The molecule has 0 radical (unpaired) electrons. The average molecular weight is 393 g/mol. The fourth-order valence-electron chi connectivity index (χ4n) is 2.88. The molecule has 0 saturated carbocycles. The molecule has 7 heteroatoms. The van der Waals surface area contributed by atoms with Crippen LogP contribution in [0.15, 0.2) is 70.2 Å². The summed E-state index contributed by atoms with van der Waals surface area (Å²) in [5.74, 6) is 0.113. The minimum absolute atomic E-state index is 0.188. The van der Waals surface area contributed by atoms with Crippen LogP contribution in [0.25, 0.3) is 21.5 Å². The lowest BCUT2D eigenvalue weighted by Crippen LogP contribution is -2.19. The number of amides is 1. The summed E-state index contributed by atoms with van der Waals surface area (Å²) in [7, 11) is 0. The number of fused-ring (bicyclic) bond motifs is 1. The SMILES string of the molecule is CCOCCn1c(=NC(=O)c2cc(-c3ccccc3)on2)sc2ccccc21. The van der Waals surface area contributed by atoms with Crippen molar-refractivity contribution in [3.8, 4) is 11.3 Å². The van der Waals surface area contributed by atoms with E-state index in [1.54, 1.807) is 6.07 Å². The number of carbonyl (C=O) groups is 1. The average Bonchev–Trinajstić information content (AvgIpc) is 3.35. The van der Waals surface area contributed by atoms with Crippen LogP contribution in [0.5, 0.6) is 0 Å². The Hall–Kier alpha value is -3.03. The van der Waals surface area contributed by atoms with Gasteiger partial charge in [0.05, 0.1) is 16.8 Å². The van der Waals surface area contributed by atoms with E-state index >= 15 is 0 Å². The molecule has 6 nitrogen and oxygen atoms in total. The van der Waals surface area contributed by atoms with Crippen molar-refractivity contribution in [2.45, 2.75) is 13.5 Å². The summed E-state index contributed by atoms with van der Waals surface area (Å²) in [5.41, 5.74) is 2.08. The number of para-hydroxylation sites is 1. The highest BCUT2D eigenvalue weighted by atomic mass is 32.1. The molecule has 4 rings (SSSR count). The zero-order valence-corrected chi connectivity index (χ0v) is 16.2. The van der Waals surface area contributed by atoms with Crippen LogP contribution < -0.4 is 4.80 Å². The van der Waals surface area contributed by atoms with E-state index in [0.29, 0.717) is 30.3 Å². The van der Waals surface area contributed by atoms with Crippen molar-refractivity contribution < 1.29 is 14.1 Å². The molecule has 2 heterocycles. The maximum Gasteiger partial charge on any atom is 0.301 e. The molecule has 142 valence electrons. The lowest BCUT2D eigenvalue weighted by Gasteiger charge is -2.04. The third kappa shape index (κ3) is 3.81. The van der Waals surface area contributed by atoms with Crippen LogP contribution in [-0.4, -0.2) is 28.8 Å². The Morgan fingerprint density at radius 2 is 1.96 bits per heavy atom. The Labute approximate surface area is 165 Å². The van der Waals surface area contributed by atoms with E-state index < -0.39 is 5.91 Å². The molecular weight excluding hydrogens is 374 g/mol. The van der Waals surface area contributed by atoms with Crippen molar-refractivity contribution in [2.75, 3.05) is 13.2 Å². The lowest BCUT2D eigenvalue weighted by atomic mass is 10.1. The van der Waals surface area contributed by atoms with Crippen molar-refractivity contribution in [1.29, 1.82) is 0 Å². The molecule has 4 aromatic rings. The first-order valence-electron chi connectivity index (χ1n) is 9.03. The van der Waals surface area contributed by atoms with Gasteiger partial charge < -0.3 is 13.8 Å². The van der Waals surface area contributed by atoms with Crippen LogP contribution in [0.3, 0.4) is 0 Å². The Morgan fingerprint density at radius 3 is 2.79 bits per heavy atom. The predicted octanol–water partition coefficient (Wildman–Crippen LogP) is 4.14. The Kier molecular flexibility index (Phi) is 5.45. The number of nitrogens with zero attached hydrogens (tertiary/aromatic N) is 3. The highest BCUT2D eigenvalue weighted by Crippen LogP contribution is 2.20. The van der Waals surface area contributed by atoms with Gasteiger partial charge in [0.2, 0.25) is 0 Å². The number of hydrogen-bond donors (Lipinski definition) is 0. The molecular formula is C21H19N3O3S. The second kappa shape index (κ2) is 8.33. The second-order valence-corrected chi connectivity index (χ2v) is 7.07. The van der Waals surface area contributed by atoms with E-state index in [1.807, 2.05) is 66.1 Å². The molecule has 1 amide bonds. The number of hydrogen-bond acceptors (Lipinski definition) is 5. The van der Waals surface area contributed by atoms with Crippen molar-refractivity contribution in [3.05, 3.63) is 71.2 Å². The molecule has 2 aromatic heterocycles. The highest BCUT2D eigenvalue weighted by molar-refractivity contribution is 7.16. The Bertz CT molecular complexity index is 1160. The number of aromatic nitrogens is 2. The van der Waals surface area contributed by atoms with Gasteiger partial charge in [0.15, 0.2) is 16.3 Å². The fraction of sp³-hybridized carbons (Fsp3) is 0.190.